The smallest absolute Gasteiger partial charge is 0.410 e. The maximum Gasteiger partial charge on any atom is 0.410 e. The molecule has 32 heavy (non-hydrogen) atoms. The van der Waals surface area contributed by atoms with E-state index in [0.717, 1.165) is 5.56 Å². The van der Waals surface area contributed by atoms with Gasteiger partial charge in [-0.15, -0.1) is 5.10 Å². The first kappa shape index (κ1) is 24.1. The Bertz CT molecular complexity index is 931. The van der Waals surface area contributed by atoms with E-state index >= 15 is 0 Å². The standard InChI is InChI=1S/C23H35FN6O2/c1-15-14-29(21(31)32-23(6,7)8)16(2)13-28(15)19(17-9-11-18(24)12-10-17)20-25-26-27-30(20)22(3,4)5/h9-12,15-16,19H,13-14H2,1-8H3/t15-,16+,19?/m1/s1. The lowest BCUT2D eigenvalue weighted by molar-refractivity contribution is -0.0177. The number of ether oxygens (including phenoxy) is 1. The predicted octanol–water partition coefficient (Wildman–Crippen LogP) is 3.99. The fourth-order valence-electron chi connectivity index (χ4n) is 4.06. The predicted molar refractivity (Wildman–Crippen MR) is 120 cm³/mol. The SMILES string of the molecule is C[C@@H]1CN(C(=O)OC(C)(C)C)[C@@H](C)CN1C(c1ccc(F)cc1)c1nnnn1C(C)(C)C. The number of aromatic nitrogens is 4. The van der Waals surface area contributed by atoms with Crippen LogP contribution < -0.4 is 0 Å². The van der Waals surface area contributed by atoms with Gasteiger partial charge in [0.25, 0.3) is 0 Å². The average Bonchev–Trinajstić information content (AvgIpc) is 3.14. The summed E-state index contributed by atoms with van der Waals surface area (Å²) in [5, 5.41) is 12.6. The summed E-state index contributed by atoms with van der Waals surface area (Å²) < 4.78 is 21.1. The van der Waals surface area contributed by atoms with E-state index in [0.29, 0.717) is 18.9 Å². The molecule has 0 aliphatic carbocycles. The Balaban J connectivity index is 1.97. The van der Waals surface area contributed by atoms with Crippen molar-refractivity contribution in [3.63, 3.8) is 0 Å². The van der Waals surface area contributed by atoms with Crippen LogP contribution in [-0.2, 0) is 10.3 Å². The molecule has 1 saturated heterocycles. The fourth-order valence-corrected chi connectivity index (χ4v) is 4.06. The van der Waals surface area contributed by atoms with Gasteiger partial charge in [-0.2, -0.15) is 0 Å². The summed E-state index contributed by atoms with van der Waals surface area (Å²) in [5.41, 5.74) is 0.0175. The molecule has 2 heterocycles. The number of nitrogens with zero attached hydrogens (tertiary/aromatic N) is 6. The zero-order chi connectivity index (χ0) is 23.8. The molecule has 176 valence electrons. The second-order valence-electron chi connectivity index (χ2n) is 10.6. The maximum atomic E-state index is 13.7. The van der Waals surface area contributed by atoms with E-state index in [4.69, 9.17) is 4.74 Å². The van der Waals surface area contributed by atoms with Crippen LogP contribution in [0.15, 0.2) is 24.3 Å². The highest BCUT2D eigenvalue weighted by Gasteiger charge is 2.40. The number of hydrogen-bond acceptors (Lipinski definition) is 6. The monoisotopic (exact) mass is 446 g/mol. The molecule has 0 spiro atoms. The van der Waals surface area contributed by atoms with Gasteiger partial charge in [-0.25, -0.2) is 13.9 Å². The van der Waals surface area contributed by atoms with Crippen molar-refractivity contribution >= 4 is 6.09 Å². The highest BCUT2D eigenvalue weighted by molar-refractivity contribution is 5.68. The van der Waals surface area contributed by atoms with Crippen molar-refractivity contribution in [2.45, 2.75) is 84.7 Å². The lowest BCUT2D eigenvalue weighted by Gasteiger charge is -2.47. The Morgan fingerprint density at radius 1 is 1.06 bits per heavy atom. The molecule has 0 N–H and O–H groups in total. The second kappa shape index (κ2) is 8.77. The molecule has 9 heteroatoms. The molecular formula is C23H35FN6O2. The third kappa shape index (κ3) is 5.26. The molecule has 0 bridgehead atoms. The van der Waals surface area contributed by atoms with Gasteiger partial charge in [0, 0.05) is 25.2 Å². The zero-order valence-electron chi connectivity index (χ0n) is 20.3. The number of halogens is 1. The van der Waals surface area contributed by atoms with Crippen molar-refractivity contribution in [3.05, 3.63) is 41.5 Å². The second-order valence-corrected chi connectivity index (χ2v) is 10.6. The summed E-state index contributed by atoms with van der Waals surface area (Å²) in [6.45, 7) is 16.9. The maximum absolute atomic E-state index is 13.7. The van der Waals surface area contributed by atoms with Gasteiger partial charge in [0.1, 0.15) is 11.4 Å². The zero-order valence-corrected chi connectivity index (χ0v) is 20.3. The Kier molecular flexibility index (Phi) is 6.60. The van der Waals surface area contributed by atoms with E-state index in [-0.39, 0.29) is 35.6 Å². The van der Waals surface area contributed by atoms with Crippen molar-refractivity contribution in [2.24, 2.45) is 0 Å². The van der Waals surface area contributed by atoms with Gasteiger partial charge in [-0.1, -0.05) is 12.1 Å². The van der Waals surface area contributed by atoms with Crippen LogP contribution in [0.2, 0.25) is 0 Å². The fraction of sp³-hybridized carbons (Fsp3) is 0.652. The number of benzene rings is 1. The quantitative estimate of drug-likeness (QED) is 0.710. The largest absolute Gasteiger partial charge is 0.444 e. The number of carbonyl (C=O) groups is 1. The summed E-state index contributed by atoms with van der Waals surface area (Å²) >= 11 is 0. The Hall–Kier alpha value is -2.55. The summed E-state index contributed by atoms with van der Waals surface area (Å²) in [7, 11) is 0. The molecule has 3 rings (SSSR count). The first-order chi connectivity index (χ1) is 14.8. The van der Waals surface area contributed by atoms with Crippen LogP contribution in [0.5, 0.6) is 0 Å². The molecule has 1 fully saturated rings. The molecule has 1 aromatic heterocycles. The summed E-state index contributed by atoms with van der Waals surface area (Å²) in [6, 6.07) is 6.10. The van der Waals surface area contributed by atoms with Crippen LogP contribution in [-0.4, -0.2) is 66.9 Å². The highest BCUT2D eigenvalue weighted by Crippen LogP contribution is 2.34. The highest BCUT2D eigenvalue weighted by atomic mass is 19.1. The average molecular weight is 447 g/mol. The van der Waals surface area contributed by atoms with Gasteiger partial charge in [0.05, 0.1) is 11.6 Å². The Morgan fingerprint density at radius 2 is 1.69 bits per heavy atom. The Morgan fingerprint density at radius 3 is 2.25 bits per heavy atom. The first-order valence-corrected chi connectivity index (χ1v) is 11.1. The lowest BCUT2D eigenvalue weighted by Crippen LogP contribution is -2.59. The van der Waals surface area contributed by atoms with E-state index in [1.54, 1.807) is 17.0 Å². The Labute approximate surface area is 189 Å². The van der Waals surface area contributed by atoms with Gasteiger partial charge in [0.2, 0.25) is 0 Å². The molecule has 1 unspecified atom stereocenters. The summed E-state index contributed by atoms with van der Waals surface area (Å²) in [4.78, 5) is 16.8. The van der Waals surface area contributed by atoms with Crippen molar-refractivity contribution < 1.29 is 13.9 Å². The molecule has 1 aliphatic heterocycles. The molecule has 1 aliphatic rings. The summed E-state index contributed by atoms with van der Waals surface area (Å²) in [6.07, 6.45) is -0.311. The normalized spacial score (nSPS) is 21.5. The van der Waals surface area contributed by atoms with Gasteiger partial charge in [-0.05, 0) is 83.5 Å². The molecule has 2 aromatic rings. The third-order valence-electron chi connectivity index (χ3n) is 5.55. The van der Waals surface area contributed by atoms with Crippen molar-refractivity contribution in [1.82, 2.24) is 30.0 Å². The van der Waals surface area contributed by atoms with E-state index in [1.165, 1.54) is 12.1 Å². The van der Waals surface area contributed by atoms with E-state index in [2.05, 4.69) is 27.3 Å². The van der Waals surface area contributed by atoms with Crippen LogP contribution in [0.25, 0.3) is 0 Å². The van der Waals surface area contributed by atoms with E-state index in [9.17, 15) is 9.18 Å². The summed E-state index contributed by atoms with van der Waals surface area (Å²) in [5.74, 6) is 0.396. The number of hydrogen-bond donors (Lipinski definition) is 0. The van der Waals surface area contributed by atoms with Crippen LogP contribution in [0.3, 0.4) is 0 Å². The van der Waals surface area contributed by atoms with Crippen LogP contribution in [0, 0.1) is 5.82 Å². The molecular weight excluding hydrogens is 411 g/mol. The van der Waals surface area contributed by atoms with Gasteiger partial charge >= 0.3 is 6.09 Å². The van der Waals surface area contributed by atoms with Crippen LogP contribution in [0.1, 0.15) is 72.8 Å². The third-order valence-corrected chi connectivity index (χ3v) is 5.55. The van der Waals surface area contributed by atoms with E-state index < -0.39 is 5.60 Å². The molecule has 1 aromatic carbocycles. The number of tetrazole rings is 1. The minimum atomic E-state index is -0.553. The van der Waals surface area contributed by atoms with Gasteiger partial charge in [0.15, 0.2) is 5.82 Å². The number of carbonyl (C=O) groups excluding carboxylic acids is 1. The minimum absolute atomic E-state index is 0.00103. The van der Waals surface area contributed by atoms with Gasteiger partial charge in [-0.3, -0.25) is 4.90 Å². The minimum Gasteiger partial charge on any atom is -0.444 e. The van der Waals surface area contributed by atoms with Crippen molar-refractivity contribution in [1.29, 1.82) is 0 Å². The topological polar surface area (TPSA) is 76.4 Å². The van der Waals surface area contributed by atoms with Crippen molar-refractivity contribution in [2.75, 3.05) is 13.1 Å². The number of piperazine rings is 1. The van der Waals surface area contributed by atoms with Crippen LogP contribution in [0.4, 0.5) is 9.18 Å². The molecule has 1 amide bonds. The van der Waals surface area contributed by atoms with E-state index in [1.807, 2.05) is 53.1 Å². The molecule has 3 atom stereocenters. The molecule has 0 radical (unpaired) electrons. The van der Waals surface area contributed by atoms with Crippen molar-refractivity contribution in [3.8, 4) is 0 Å². The van der Waals surface area contributed by atoms with Gasteiger partial charge < -0.3 is 9.64 Å². The molecule has 0 saturated carbocycles. The molecule has 8 nitrogen and oxygen atoms in total. The first-order valence-electron chi connectivity index (χ1n) is 11.1. The lowest BCUT2D eigenvalue weighted by atomic mass is 9.98. The number of amides is 1. The number of rotatable bonds is 3. The van der Waals surface area contributed by atoms with Crippen LogP contribution >= 0.6 is 0 Å².